The van der Waals surface area contributed by atoms with Crippen molar-refractivity contribution in [2.45, 2.75) is 6.92 Å². The van der Waals surface area contributed by atoms with Crippen LogP contribution in [-0.4, -0.2) is 28.4 Å². The fourth-order valence-corrected chi connectivity index (χ4v) is 2.65. The summed E-state index contributed by atoms with van der Waals surface area (Å²) in [5, 5.41) is 0. The SMILES string of the molecule is CC=C(/C=C/c1ccc(OC)c(N)c1)c1cc(OC)c(OC)c(OC)c1. The Labute approximate surface area is 154 Å². The lowest BCUT2D eigenvalue weighted by molar-refractivity contribution is 0.324. The molecule has 0 aliphatic heterocycles. The molecule has 0 atom stereocenters. The molecule has 0 saturated carbocycles. The molecule has 2 N–H and O–H groups in total. The van der Waals surface area contributed by atoms with Crippen molar-refractivity contribution in [2.75, 3.05) is 34.2 Å². The number of ether oxygens (including phenoxy) is 4. The number of hydrogen-bond acceptors (Lipinski definition) is 5. The van der Waals surface area contributed by atoms with Crippen LogP contribution < -0.4 is 24.7 Å². The fourth-order valence-electron chi connectivity index (χ4n) is 2.65. The highest BCUT2D eigenvalue weighted by Gasteiger charge is 2.14. The smallest absolute Gasteiger partial charge is 0.203 e. The molecule has 0 bridgehead atoms. The van der Waals surface area contributed by atoms with Gasteiger partial charge in [-0.05, 0) is 47.9 Å². The van der Waals surface area contributed by atoms with Gasteiger partial charge in [0.05, 0.1) is 34.1 Å². The zero-order chi connectivity index (χ0) is 19.1. The molecule has 0 aliphatic carbocycles. The predicted molar refractivity (Wildman–Crippen MR) is 106 cm³/mol. The van der Waals surface area contributed by atoms with Crippen molar-refractivity contribution in [3.05, 3.63) is 53.6 Å². The number of allylic oxidation sites excluding steroid dienone is 3. The number of benzene rings is 2. The van der Waals surface area contributed by atoms with Crippen LogP contribution in [-0.2, 0) is 0 Å². The molecule has 2 aromatic carbocycles. The van der Waals surface area contributed by atoms with Gasteiger partial charge in [-0.3, -0.25) is 0 Å². The van der Waals surface area contributed by atoms with Gasteiger partial charge < -0.3 is 24.7 Å². The van der Waals surface area contributed by atoms with Crippen LogP contribution in [0.2, 0.25) is 0 Å². The van der Waals surface area contributed by atoms with Gasteiger partial charge in [0.1, 0.15) is 5.75 Å². The predicted octanol–water partition coefficient (Wildman–Crippen LogP) is 4.42. The van der Waals surface area contributed by atoms with Crippen molar-refractivity contribution in [2.24, 2.45) is 0 Å². The molecule has 5 nitrogen and oxygen atoms in total. The van der Waals surface area contributed by atoms with Gasteiger partial charge >= 0.3 is 0 Å². The Morgan fingerprint density at radius 2 is 1.46 bits per heavy atom. The van der Waals surface area contributed by atoms with Crippen LogP contribution >= 0.6 is 0 Å². The van der Waals surface area contributed by atoms with E-state index in [4.69, 9.17) is 24.7 Å². The number of hydrogen-bond donors (Lipinski definition) is 1. The molecule has 0 spiro atoms. The Morgan fingerprint density at radius 1 is 0.846 bits per heavy atom. The van der Waals surface area contributed by atoms with E-state index >= 15 is 0 Å². The van der Waals surface area contributed by atoms with E-state index in [0.29, 0.717) is 28.7 Å². The van der Waals surface area contributed by atoms with Gasteiger partial charge in [0, 0.05) is 0 Å². The topological polar surface area (TPSA) is 62.9 Å². The third-order valence-corrected chi connectivity index (χ3v) is 4.02. The number of nitrogen functional groups attached to an aromatic ring is 1. The number of methoxy groups -OCH3 is 4. The first kappa shape index (κ1) is 19.2. The summed E-state index contributed by atoms with van der Waals surface area (Å²) in [6.07, 6.45) is 6.03. The van der Waals surface area contributed by atoms with Gasteiger partial charge in [0.2, 0.25) is 5.75 Å². The van der Waals surface area contributed by atoms with E-state index in [1.165, 1.54) is 0 Å². The van der Waals surface area contributed by atoms with Gasteiger partial charge in [-0.25, -0.2) is 0 Å². The van der Waals surface area contributed by atoms with Gasteiger partial charge in [-0.15, -0.1) is 0 Å². The average Bonchev–Trinajstić information content (AvgIpc) is 2.67. The molecule has 0 aromatic heterocycles. The van der Waals surface area contributed by atoms with Crippen LogP contribution in [0.25, 0.3) is 11.6 Å². The van der Waals surface area contributed by atoms with E-state index in [2.05, 4.69) is 0 Å². The molecule has 0 saturated heterocycles. The number of rotatable bonds is 7. The van der Waals surface area contributed by atoms with Gasteiger partial charge in [0.25, 0.3) is 0 Å². The number of nitrogens with two attached hydrogens (primary N) is 1. The summed E-state index contributed by atoms with van der Waals surface area (Å²) in [5.41, 5.74) is 9.52. The first-order valence-electron chi connectivity index (χ1n) is 8.16. The fraction of sp³-hybridized carbons (Fsp3) is 0.238. The third-order valence-electron chi connectivity index (χ3n) is 4.02. The molecule has 138 valence electrons. The zero-order valence-corrected chi connectivity index (χ0v) is 15.8. The van der Waals surface area contributed by atoms with Crippen LogP contribution in [0.15, 0.2) is 42.5 Å². The van der Waals surface area contributed by atoms with Crippen molar-refractivity contribution in [1.29, 1.82) is 0 Å². The third kappa shape index (κ3) is 4.11. The zero-order valence-electron chi connectivity index (χ0n) is 15.8. The van der Waals surface area contributed by atoms with Crippen molar-refractivity contribution < 1.29 is 18.9 Å². The lowest BCUT2D eigenvalue weighted by atomic mass is 10.0. The molecule has 2 aromatic rings. The number of anilines is 1. The van der Waals surface area contributed by atoms with Crippen LogP contribution in [0.3, 0.4) is 0 Å². The Hall–Kier alpha value is -3.08. The van der Waals surface area contributed by atoms with E-state index in [1.807, 2.05) is 55.5 Å². The average molecular weight is 355 g/mol. The highest BCUT2D eigenvalue weighted by molar-refractivity contribution is 5.81. The normalized spacial score (nSPS) is 11.5. The Bertz CT molecular complexity index is 800. The maximum Gasteiger partial charge on any atom is 0.203 e. The van der Waals surface area contributed by atoms with Crippen molar-refractivity contribution in [3.8, 4) is 23.0 Å². The Morgan fingerprint density at radius 3 is 1.92 bits per heavy atom. The second kappa shape index (κ2) is 8.85. The first-order chi connectivity index (χ1) is 12.6. The quantitative estimate of drug-likeness (QED) is 0.588. The summed E-state index contributed by atoms with van der Waals surface area (Å²) in [5.74, 6) is 2.46. The summed E-state index contributed by atoms with van der Waals surface area (Å²) in [7, 11) is 6.40. The molecule has 26 heavy (non-hydrogen) atoms. The molecule has 0 heterocycles. The van der Waals surface area contributed by atoms with Crippen molar-refractivity contribution in [3.63, 3.8) is 0 Å². The van der Waals surface area contributed by atoms with Gasteiger partial charge in [-0.1, -0.05) is 24.3 Å². The first-order valence-corrected chi connectivity index (χ1v) is 8.16. The monoisotopic (exact) mass is 355 g/mol. The lowest BCUT2D eigenvalue weighted by Crippen LogP contribution is -1.96. The van der Waals surface area contributed by atoms with E-state index < -0.39 is 0 Å². The van der Waals surface area contributed by atoms with Crippen molar-refractivity contribution >= 4 is 17.3 Å². The summed E-state index contributed by atoms with van der Waals surface area (Å²) in [4.78, 5) is 0. The molecule has 0 amide bonds. The summed E-state index contributed by atoms with van der Waals surface area (Å²) in [6.45, 7) is 1.98. The maximum absolute atomic E-state index is 5.97. The molecule has 0 fully saturated rings. The van der Waals surface area contributed by atoms with E-state index in [9.17, 15) is 0 Å². The van der Waals surface area contributed by atoms with E-state index in [1.54, 1.807) is 28.4 Å². The molecular weight excluding hydrogens is 330 g/mol. The van der Waals surface area contributed by atoms with Crippen LogP contribution in [0.5, 0.6) is 23.0 Å². The minimum atomic E-state index is 0.570. The summed E-state index contributed by atoms with van der Waals surface area (Å²) >= 11 is 0. The largest absolute Gasteiger partial charge is 0.495 e. The van der Waals surface area contributed by atoms with E-state index in [0.717, 1.165) is 16.7 Å². The van der Waals surface area contributed by atoms with Crippen LogP contribution in [0.4, 0.5) is 5.69 Å². The second-order valence-corrected chi connectivity index (χ2v) is 5.49. The Balaban J connectivity index is 2.38. The molecular formula is C21H25NO4. The molecule has 0 radical (unpaired) electrons. The van der Waals surface area contributed by atoms with Gasteiger partial charge in [-0.2, -0.15) is 0 Å². The maximum atomic E-state index is 5.97. The summed E-state index contributed by atoms with van der Waals surface area (Å²) < 4.78 is 21.4. The minimum Gasteiger partial charge on any atom is -0.495 e. The standard InChI is InChI=1S/C21H25NO4/c1-6-15(9-7-14-8-10-18(23-2)17(22)11-14)16-12-19(24-3)21(26-5)20(13-16)25-4/h6-13H,22H2,1-5H3/b9-7+,15-6?. The Kier molecular flexibility index (Phi) is 6.55. The van der Waals surface area contributed by atoms with Crippen molar-refractivity contribution in [1.82, 2.24) is 0 Å². The minimum absolute atomic E-state index is 0.570. The van der Waals surface area contributed by atoms with Gasteiger partial charge in [0.15, 0.2) is 11.5 Å². The van der Waals surface area contributed by atoms with Crippen LogP contribution in [0.1, 0.15) is 18.1 Å². The summed E-state index contributed by atoms with van der Waals surface area (Å²) in [6, 6.07) is 9.52. The lowest BCUT2D eigenvalue weighted by Gasteiger charge is -2.14. The highest BCUT2D eigenvalue weighted by atomic mass is 16.5. The molecule has 5 heteroatoms. The molecule has 0 aliphatic rings. The molecule has 2 rings (SSSR count). The highest BCUT2D eigenvalue weighted by Crippen LogP contribution is 2.40. The molecule has 0 unspecified atom stereocenters. The van der Waals surface area contributed by atoms with Crippen LogP contribution in [0, 0.1) is 0 Å². The second-order valence-electron chi connectivity index (χ2n) is 5.49. The van der Waals surface area contributed by atoms with E-state index in [-0.39, 0.29) is 0 Å².